The van der Waals surface area contributed by atoms with Crippen LogP contribution in [0.3, 0.4) is 0 Å². The van der Waals surface area contributed by atoms with E-state index in [-0.39, 0.29) is 17.3 Å². The molecule has 4 N–H and O–H groups in total. The van der Waals surface area contributed by atoms with Crippen LogP contribution in [0.2, 0.25) is 4.34 Å². The molecular formula is C10H11ClN6O2S. The highest BCUT2D eigenvalue weighted by atomic mass is 35.5. The molecule has 0 saturated heterocycles. The number of nitro groups is 1. The average molecular weight is 315 g/mol. The molecule has 0 amide bonds. The summed E-state index contributed by atoms with van der Waals surface area (Å²) < 4.78 is 0.711. The lowest BCUT2D eigenvalue weighted by atomic mass is 10.3. The third-order valence-electron chi connectivity index (χ3n) is 2.43. The van der Waals surface area contributed by atoms with Crippen LogP contribution >= 0.6 is 22.9 Å². The zero-order chi connectivity index (χ0) is 14.5. The van der Waals surface area contributed by atoms with Crippen LogP contribution in [0.25, 0.3) is 0 Å². The van der Waals surface area contributed by atoms with E-state index in [4.69, 9.17) is 17.4 Å². The fourth-order valence-corrected chi connectivity index (χ4v) is 2.66. The van der Waals surface area contributed by atoms with Gasteiger partial charge in [-0.25, -0.2) is 15.8 Å². The number of hydrazine groups is 1. The van der Waals surface area contributed by atoms with Gasteiger partial charge in [-0.2, -0.15) is 0 Å². The summed E-state index contributed by atoms with van der Waals surface area (Å²) in [6, 6.07) is 3.72. The molecule has 20 heavy (non-hydrogen) atoms. The molecule has 0 unspecified atom stereocenters. The summed E-state index contributed by atoms with van der Waals surface area (Å²) in [6.45, 7) is 0.485. The Morgan fingerprint density at radius 1 is 1.40 bits per heavy atom. The molecule has 0 spiro atoms. The SMILES string of the molecule is NNc1ncnc(NCCc2ccc(Cl)s2)c1[N+](=O)[O-]. The first kappa shape index (κ1) is 14.4. The summed E-state index contributed by atoms with van der Waals surface area (Å²) in [6.07, 6.45) is 1.89. The van der Waals surface area contributed by atoms with Crippen molar-refractivity contribution in [2.45, 2.75) is 6.42 Å². The van der Waals surface area contributed by atoms with Gasteiger partial charge in [-0.1, -0.05) is 11.6 Å². The summed E-state index contributed by atoms with van der Waals surface area (Å²) in [4.78, 5) is 19.1. The number of rotatable bonds is 6. The van der Waals surface area contributed by atoms with E-state index >= 15 is 0 Å². The van der Waals surface area contributed by atoms with Gasteiger partial charge >= 0.3 is 5.69 Å². The van der Waals surface area contributed by atoms with Crippen LogP contribution in [0.4, 0.5) is 17.3 Å². The maximum absolute atomic E-state index is 11.0. The Bertz CT molecular complexity index is 620. The molecule has 0 fully saturated rings. The molecule has 0 radical (unpaired) electrons. The normalized spacial score (nSPS) is 10.3. The maximum atomic E-state index is 11.0. The third kappa shape index (κ3) is 3.32. The lowest BCUT2D eigenvalue weighted by Gasteiger charge is -2.07. The predicted octanol–water partition coefficient (Wildman–Crippen LogP) is 2.04. The summed E-state index contributed by atoms with van der Waals surface area (Å²) in [5.41, 5.74) is 1.90. The molecule has 0 bridgehead atoms. The summed E-state index contributed by atoms with van der Waals surface area (Å²) in [5, 5.41) is 13.9. The maximum Gasteiger partial charge on any atom is 0.354 e. The largest absolute Gasteiger partial charge is 0.364 e. The number of nitrogens with two attached hydrogens (primary N) is 1. The molecule has 0 atom stereocenters. The number of halogens is 1. The highest BCUT2D eigenvalue weighted by Gasteiger charge is 2.21. The van der Waals surface area contributed by atoms with Gasteiger partial charge in [0.05, 0.1) is 9.26 Å². The van der Waals surface area contributed by atoms with Gasteiger partial charge in [0.25, 0.3) is 0 Å². The minimum atomic E-state index is -0.584. The van der Waals surface area contributed by atoms with Gasteiger partial charge in [0.15, 0.2) is 0 Å². The molecule has 2 rings (SSSR count). The zero-order valence-corrected chi connectivity index (χ0v) is 11.7. The second-order valence-corrected chi connectivity index (χ2v) is 5.50. The van der Waals surface area contributed by atoms with Crippen LogP contribution < -0.4 is 16.6 Å². The first-order valence-electron chi connectivity index (χ1n) is 5.56. The molecule has 2 aromatic heterocycles. The lowest BCUT2D eigenvalue weighted by Crippen LogP contribution is -2.14. The zero-order valence-electron chi connectivity index (χ0n) is 10.2. The fraction of sp³-hybridized carbons (Fsp3) is 0.200. The van der Waals surface area contributed by atoms with Gasteiger partial charge in [0.1, 0.15) is 6.33 Å². The van der Waals surface area contributed by atoms with Gasteiger partial charge in [0.2, 0.25) is 11.6 Å². The van der Waals surface area contributed by atoms with Crippen LogP contribution in [0.15, 0.2) is 18.5 Å². The Kier molecular flexibility index (Phi) is 4.66. The average Bonchev–Trinajstić information content (AvgIpc) is 2.83. The van der Waals surface area contributed by atoms with Gasteiger partial charge in [-0.15, -0.1) is 11.3 Å². The number of anilines is 2. The first-order valence-corrected chi connectivity index (χ1v) is 6.75. The Labute approximate surface area is 123 Å². The minimum absolute atomic E-state index is 0.0355. The van der Waals surface area contributed by atoms with Crippen molar-refractivity contribution in [3.8, 4) is 0 Å². The van der Waals surface area contributed by atoms with Crippen molar-refractivity contribution >= 4 is 40.3 Å². The lowest BCUT2D eigenvalue weighted by molar-refractivity contribution is -0.383. The van der Waals surface area contributed by atoms with Crippen molar-refractivity contribution in [2.75, 3.05) is 17.3 Å². The summed E-state index contributed by atoms with van der Waals surface area (Å²) in [5.74, 6) is 5.28. The van der Waals surface area contributed by atoms with Crippen LogP contribution in [-0.4, -0.2) is 21.4 Å². The molecular weight excluding hydrogens is 304 g/mol. The quantitative estimate of drug-likeness (QED) is 0.424. The molecule has 0 aromatic carbocycles. The minimum Gasteiger partial charge on any atom is -0.364 e. The van der Waals surface area contributed by atoms with E-state index in [1.807, 2.05) is 12.1 Å². The molecule has 0 aliphatic rings. The van der Waals surface area contributed by atoms with E-state index in [9.17, 15) is 10.1 Å². The van der Waals surface area contributed by atoms with E-state index in [1.54, 1.807) is 0 Å². The second kappa shape index (κ2) is 6.46. The van der Waals surface area contributed by atoms with Crippen molar-refractivity contribution < 1.29 is 4.92 Å². The van der Waals surface area contributed by atoms with Gasteiger partial charge in [0, 0.05) is 11.4 Å². The number of nitrogens with zero attached hydrogens (tertiary/aromatic N) is 3. The molecule has 0 aliphatic heterocycles. The molecule has 2 heterocycles. The molecule has 0 saturated carbocycles. The molecule has 106 valence electrons. The Hall–Kier alpha value is -1.97. The number of aromatic nitrogens is 2. The highest BCUT2D eigenvalue weighted by molar-refractivity contribution is 7.16. The van der Waals surface area contributed by atoms with Crippen LogP contribution in [0, 0.1) is 10.1 Å². The highest BCUT2D eigenvalue weighted by Crippen LogP contribution is 2.28. The molecule has 0 aliphatic carbocycles. The summed E-state index contributed by atoms with van der Waals surface area (Å²) in [7, 11) is 0. The smallest absolute Gasteiger partial charge is 0.354 e. The van der Waals surface area contributed by atoms with Crippen molar-refractivity contribution in [2.24, 2.45) is 5.84 Å². The number of nitrogen functional groups attached to an aromatic ring is 1. The van der Waals surface area contributed by atoms with Crippen LogP contribution in [0.5, 0.6) is 0 Å². The Balaban J connectivity index is 2.07. The number of thiophene rings is 1. The monoisotopic (exact) mass is 314 g/mol. The van der Waals surface area contributed by atoms with E-state index in [2.05, 4.69) is 20.7 Å². The fourth-order valence-electron chi connectivity index (χ4n) is 1.58. The topological polar surface area (TPSA) is 119 Å². The van der Waals surface area contributed by atoms with Gasteiger partial charge < -0.3 is 10.7 Å². The van der Waals surface area contributed by atoms with Crippen LogP contribution in [0.1, 0.15) is 4.88 Å². The van der Waals surface area contributed by atoms with Crippen molar-refractivity contribution in [1.29, 1.82) is 0 Å². The second-order valence-electron chi connectivity index (χ2n) is 3.70. The van der Waals surface area contributed by atoms with Crippen molar-refractivity contribution in [1.82, 2.24) is 9.97 Å². The van der Waals surface area contributed by atoms with E-state index in [0.717, 1.165) is 4.88 Å². The molecule has 10 heteroatoms. The number of hydrogen-bond donors (Lipinski definition) is 3. The predicted molar refractivity (Wildman–Crippen MR) is 78.0 cm³/mol. The first-order chi connectivity index (χ1) is 9.61. The van der Waals surface area contributed by atoms with Crippen LogP contribution in [-0.2, 0) is 6.42 Å². The molecule has 8 nitrogen and oxygen atoms in total. The standard InChI is InChI=1S/C10H11ClN6O2S/c11-7-2-1-6(20-7)3-4-13-9-8(17(18)19)10(16-12)15-5-14-9/h1-2,5H,3-4,12H2,(H2,13,14,15,16). The Morgan fingerprint density at radius 2 is 2.15 bits per heavy atom. The van der Waals surface area contributed by atoms with Crippen molar-refractivity contribution in [3.63, 3.8) is 0 Å². The van der Waals surface area contributed by atoms with E-state index in [1.165, 1.54) is 17.7 Å². The number of hydrogen-bond acceptors (Lipinski definition) is 8. The molecule has 2 aromatic rings. The number of nitrogens with one attached hydrogen (secondary N) is 2. The third-order valence-corrected chi connectivity index (χ3v) is 3.73. The Morgan fingerprint density at radius 3 is 2.75 bits per heavy atom. The summed E-state index contributed by atoms with van der Waals surface area (Å²) >= 11 is 7.30. The van der Waals surface area contributed by atoms with Crippen molar-refractivity contribution in [3.05, 3.63) is 37.8 Å². The van der Waals surface area contributed by atoms with Gasteiger partial charge in [-0.3, -0.25) is 10.1 Å². The van der Waals surface area contributed by atoms with E-state index < -0.39 is 4.92 Å². The van der Waals surface area contributed by atoms with E-state index in [0.29, 0.717) is 17.3 Å². The van der Waals surface area contributed by atoms with Gasteiger partial charge in [-0.05, 0) is 18.6 Å².